The van der Waals surface area contributed by atoms with Crippen LogP contribution in [-0.4, -0.2) is 24.4 Å². The van der Waals surface area contributed by atoms with Crippen molar-refractivity contribution in [2.45, 2.75) is 24.3 Å². The zero-order valence-corrected chi connectivity index (χ0v) is 14.9. The minimum Gasteiger partial charge on any atom is -0.494 e. The molecule has 124 valence electrons. The Morgan fingerprint density at radius 1 is 1.17 bits per heavy atom. The van der Waals surface area contributed by atoms with Gasteiger partial charge in [0, 0.05) is 28.0 Å². The second-order valence-electron chi connectivity index (χ2n) is 6.07. The Labute approximate surface area is 146 Å². The van der Waals surface area contributed by atoms with E-state index in [1.807, 2.05) is 13.0 Å². The Bertz CT molecular complexity index is 854. The van der Waals surface area contributed by atoms with Gasteiger partial charge in [-0.3, -0.25) is 0 Å². The second kappa shape index (κ2) is 6.54. The molecule has 1 unspecified atom stereocenters. The van der Waals surface area contributed by atoms with Crippen LogP contribution in [0.15, 0.2) is 47.4 Å². The van der Waals surface area contributed by atoms with Crippen molar-refractivity contribution in [2.24, 2.45) is 0 Å². The van der Waals surface area contributed by atoms with E-state index >= 15 is 0 Å². The zero-order chi connectivity index (χ0) is 16.5. The topological polar surface area (TPSA) is 37.0 Å². The number of aromatic nitrogens is 1. The highest BCUT2D eigenvalue weighted by Crippen LogP contribution is 2.35. The predicted octanol–water partition coefficient (Wildman–Crippen LogP) is 4.52. The Morgan fingerprint density at radius 3 is 2.75 bits per heavy atom. The molecular formula is C20H22N2OS. The van der Waals surface area contributed by atoms with Crippen LogP contribution in [0.4, 0.5) is 0 Å². The first-order valence-corrected chi connectivity index (χ1v) is 9.67. The van der Waals surface area contributed by atoms with Gasteiger partial charge in [0.2, 0.25) is 0 Å². The normalized spacial score (nSPS) is 17.0. The number of ether oxygens (including phenoxy) is 1. The predicted molar refractivity (Wildman–Crippen MR) is 101 cm³/mol. The smallest absolute Gasteiger partial charge is 0.120 e. The first-order chi connectivity index (χ1) is 11.8. The van der Waals surface area contributed by atoms with Gasteiger partial charge in [-0.15, -0.1) is 11.8 Å². The molecule has 0 fully saturated rings. The first-order valence-electron chi connectivity index (χ1n) is 8.44. The summed E-state index contributed by atoms with van der Waals surface area (Å²) in [6.45, 7) is 3.72. The fraction of sp³-hybridized carbons (Fsp3) is 0.300. The molecule has 1 aliphatic rings. The van der Waals surface area contributed by atoms with Gasteiger partial charge < -0.3 is 15.0 Å². The fourth-order valence-corrected chi connectivity index (χ4v) is 3.95. The molecule has 2 N–H and O–H groups in total. The molecule has 0 saturated heterocycles. The molecule has 1 aromatic heterocycles. The van der Waals surface area contributed by atoms with Gasteiger partial charge in [0.05, 0.1) is 12.6 Å². The Kier molecular flexibility index (Phi) is 4.25. The van der Waals surface area contributed by atoms with Gasteiger partial charge in [-0.05, 0) is 61.1 Å². The summed E-state index contributed by atoms with van der Waals surface area (Å²) in [6, 6.07) is 15.4. The summed E-state index contributed by atoms with van der Waals surface area (Å²) >= 11 is 1.78. The average Bonchev–Trinajstić information content (AvgIpc) is 3.00. The summed E-state index contributed by atoms with van der Waals surface area (Å²) < 4.78 is 5.68. The molecule has 0 saturated carbocycles. The van der Waals surface area contributed by atoms with Crippen LogP contribution in [0.1, 0.15) is 29.8 Å². The molecule has 0 amide bonds. The lowest BCUT2D eigenvalue weighted by atomic mass is 9.94. The van der Waals surface area contributed by atoms with Crippen LogP contribution < -0.4 is 10.1 Å². The number of thioether (sulfide) groups is 1. The zero-order valence-electron chi connectivity index (χ0n) is 14.1. The van der Waals surface area contributed by atoms with E-state index in [4.69, 9.17) is 4.74 Å². The van der Waals surface area contributed by atoms with E-state index in [-0.39, 0.29) is 6.04 Å². The summed E-state index contributed by atoms with van der Waals surface area (Å²) in [4.78, 5) is 4.94. The minimum absolute atomic E-state index is 0.229. The van der Waals surface area contributed by atoms with Gasteiger partial charge in [0.15, 0.2) is 0 Å². The maximum Gasteiger partial charge on any atom is 0.120 e. The van der Waals surface area contributed by atoms with E-state index in [0.29, 0.717) is 6.61 Å². The third-order valence-corrected chi connectivity index (χ3v) is 5.43. The molecule has 4 heteroatoms. The number of fused-ring (bicyclic) bond motifs is 3. The highest BCUT2D eigenvalue weighted by atomic mass is 32.2. The van der Waals surface area contributed by atoms with Crippen molar-refractivity contribution in [2.75, 3.05) is 19.4 Å². The van der Waals surface area contributed by atoms with Crippen LogP contribution >= 0.6 is 11.8 Å². The van der Waals surface area contributed by atoms with Crippen LogP contribution in [0.25, 0.3) is 10.9 Å². The molecule has 4 rings (SSSR count). The van der Waals surface area contributed by atoms with E-state index in [1.54, 1.807) is 11.8 Å². The molecule has 2 aromatic carbocycles. The average molecular weight is 338 g/mol. The lowest BCUT2D eigenvalue weighted by Crippen LogP contribution is -2.30. The quantitative estimate of drug-likeness (QED) is 0.687. The SMILES string of the molecule is CCOc1ccc2[nH]c3c(c2c1)CCNC3c1ccc(SC)cc1. The Morgan fingerprint density at radius 2 is 2.00 bits per heavy atom. The van der Waals surface area contributed by atoms with Crippen LogP contribution in [0.2, 0.25) is 0 Å². The number of benzene rings is 2. The highest BCUT2D eigenvalue weighted by Gasteiger charge is 2.25. The molecule has 0 radical (unpaired) electrons. The number of rotatable bonds is 4. The molecule has 1 aliphatic heterocycles. The summed E-state index contributed by atoms with van der Waals surface area (Å²) in [5.41, 5.74) is 5.22. The van der Waals surface area contributed by atoms with Crippen LogP contribution in [0.5, 0.6) is 5.75 Å². The molecule has 0 bridgehead atoms. The number of hydrogen-bond acceptors (Lipinski definition) is 3. The Hall–Kier alpha value is -1.91. The number of hydrogen-bond donors (Lipinski definition) is 2. The van der Waals surface area contributed by atoms with Crippen LogP contribution in [0.3, 0.4) is 0 Å². The summed E-state index contributed by atoms with van der Waals surface area (Å²) in [5, 5.41) is 4.96. The number of nitrogens with one attached hydrogen (secondary N) is 2. The van der Waals surface area contributed by atoms with Crippen molar-refractivity contribution in [3.63, 3.8) is 0 Å². The van der Waals surface area contributed by atoms with E-state index in [2.05, 4.69) is 53.0 Å². The molecule has 24 heavy (non-hydrogen) atoms. The van der Waals surface area contributed by atoms with Gasteiger partial charge in [0.25, 0.3) is 0 Å². The molecule has 3 aromatic rings. The molecule has 0 aliphatic carbocycles. The van der Waals surface area contributed by atoms with E-state index in [1.165, 1.54) is 32.6 Å². The minimum atomic E-state index is 0.229. The van der Waals surface area contributed by atoms with Crippen LogP contribution in [-0.2, 0) is 6.42 Å². The van der Waals surface area contributed by atoms with Gasteiger partial charge in [-0.1, -0.05) is 12.1 Å². The molecule has 2 heterocycles. The largest absolute Gasteiger partial charge is 0.494 e. The van der Waals surface area contributed by atoms with Gasteiger partial charge >= 0.3 is 0 Å². The molecule has 1 atom stereocenters. The van der Waals surface area contributed by atoms with Gasteiger partial charge in [0.1, 0.15) is 5.75 Å². The van der Waals surface area contributed by atoms with Gasteiger partial charge in [-0.2, -0.15) is 0 Å². The summed E-state index contributed by atoms with van der Waals surface area (Å²) in [6.07, 6.45) is 3.16. The van der Waals surface area contributed by atoms with E-state index in [0.717, 1.165) is 18.7 Å². The first kappa shape index (κ1) is 15.6. The molecule has 3 nitrogen and oxygen atoms in total. The maximum atomic E-state index is 5.68. The van der Waals surface area contributed by atoms with Crippen molar-refractivity contribution in [3.8, 4) is 5.75 Å². The van der Waals surface area contributed by atoms with Crippen LogP contribution in [0, 0.1) is 0 Å². The Balaban J connectivity index is 1.77. The van der Waals surface area contributed by atoms with Crippen molar-refractivity contribution >= 4 is 22.7 Å². The second-order valence-corrected chi connectivity index (χ2v) is 6.95. The van der Waals surface area contributed by atoms with Gasteiger partial charge in [-0.25, -0.2) is 0 Å². The standard InChI is InChI=1S/C20H22N2OS/c1-3-23-14-6-9-18-17(12-14)16-10-11-21-19(20(16)22-18)13-4-7-15(24-2)8-5-13/h4-9,12,19,21-22H,3,10-11H2,1-2H3. The third-order valence-electron chi connectivity index (χ3n) is 4.68. The van der Waals surface area contributed by atoms with Crippen molar-refractivity contribution < 1.29 is 4.74 Å². The van der Waals surface area contributed by atoms with E-state index < -0.39 is 0 Å². The van der Waals surface area contributed by atoms with Crippen molar-refractivity contribution in [3.05, 3.63) is 59.3 Å². The lowest BCUT2D eigenvalue weighted by molar-refractivity contribution is 0.340. The molecule has 0 spiro atoms. The highest BCUT2D eigenvalue weighted by molar-refractivity contribution is 7.98. The fourth-order valence-electron chi connectivity index (χ4n) is 3.54. The third kappa shape index (κ3) is 2.70. The summed E-state index contributed by atoms with van der Waals surface area (Å²) in [5.74, 6) is 0.950. The number of aromatic amines is 1. The molecular weight excluding hydrogens is 316 g/mol. The van der Waals surface area contributed by atoms with E-state index in [9.17, 15) is 0 Å². The maximum absolute atomic E-state index is 5.68. The number of H-pyrrole nitrogens is 1. The lowest BCUT2D eigenvalue weighted by Gasteiger charge is -2.25. The van der Waals surface area contributed by atoms with Crippen molar-refractivity contribution in [1.82, 2.24) is 10.3 Å². The van der Waals surface area contributed by atoms with Crippen molar-refractivity contribution in [1.29, 1.82) is 0 Å². The monoisotopic (exact) mass is 338 g/mol. The summed E-state index contributed by atoms with van der Waals surface area (Å²) in [7, 11) is 0.